The van der Waals surface area contributed by atoms with Crippen LogP contribution in [0.15, 0.2) is 42.5 Å². The Hall–Kier alpha value is -3.65. The minimum absolute atomic E-state index is 0.0405. The van der Waals surface area contributed by atoms with Gasteiger partial charge in [0.15, 0.2) is 10.2 Å². The molecule has 1 aliphatic heterocycles. The molecule has 12 nitrogen and oxygen atoms in total. The van der Waals surface area contributed by atoms with Crippen LogP contribution in [0, 0.1) is 5.92 Å². The number of carbonyl (C=O) groups excluding carboxylic acids is 7. The molecule has 2 rings (SSSR count). The van der Waals surface area contributed by atoms with Crippen LogP contribution in [0.2, 0.25) is 0 Å². The van der Waals surface area contributed by atoms with Crippen molar-refractivity contribution in [2.45, 2.75) is 90.6 Å². The van der Waals surface area contributed by atoms with Crippen LogP contribution in [0.1, 0.15) is 59.4 Å². The third-order valence-corrected chi connectivity index (χ3v) is 8.50. The molecule has 1 aliphatic rings. The summed E-state index contributed by atoms with van der Waals surface area (Å²) in [6, 6.07) is 5.80. The van der Waals surface area contributed by atoms with Gasteiger partial charge < -0.3 is 25.4 Å². The van der Waals surface area contributed by atoms with Crippen LogP contribution < -0.4 is 16.0 Å². The van der Waals surface area contributed by atoms with Gasteiger partial charge in [-0.15, -0.1) is 0 Å². The summed E-state index contributed by atoms with van der Waals surface area (Å²) in [6.45, 7) is 7.50. The van der Waals surface area contributed by atoms with Crippen LogP contribution in [-0.2, 0) is 49.5 Å². The van der Waals surface area contributed by atoms with Crippen molar-refractivity contribution >= 4 is 63.4 Å². The van der Waals surface area contributed by atoms with E-state index in [4.69, 9.17) is 9.47 Å². The van der Waals surface area contributed by atoms with E-state index in [0.29, 0.717) is 12.2 Å². The van der Waals surface area contributed by atoms with Crippen molar-refractivity contribution in [2.24, 2.45) is 5.92 Å². The lowest BCUT2D eigenvalue weighted by atomic mass is 9.95. The van der Waals surface area contributed by atoms with Gasteiger partial charge in [-0.05, 0) is 24.0 Å². The Morgan fingerprint density at radius 3 is 2.17 bits per heavy atom. The number of rotatable bonds is 10. The lowest BCUT2D eigenvalue weighted by molar-refractivity contribution is -0.158. The first-order valence-corrected chi connectivity index (χ1v) is 17.0. The molecule has 1 aromatic carbocycles. The molecule has 1 heterocycles. The number of ether oxygens (including phenoxy) is 2. The maximum absolute atomic E-state index is 13.7. The summed E-state index contributed by atoms with van der Waals surface area (Å²) in [5.41, 5.74) is 0.745. The summed E-state index contributed by atoms with van der Waals surface area (Å²) in [5.74, 6) is -3.31. The third-order valence-electron chi connectivity index (χ3n) is 6.74. The molecule has 0 spiro atoms. The number of hydrogen-bond donors (Lipinski definition) is 3. The highest BCUT2D eigenvalue weighted by Gasteiger charge is 2.36. The number of hydrogen-bond acceptors (Lipinski definition) is 11. The fraction of sp³-hybridized carbons (Fsp3) is 0.531. The molecule has 1 fully saturated rings. The topological polar surface area (TPSA) is 174 Å². The highest BCUT2D eigenvalue weighted by atomic mass is 32.2. The van der Waals surface area contributed by atoms with Gasteiger partial charge in [0.25, 0.3) is 0 Å². The van der Waals surface area contributed by atoms with Crippen molar-refractivity contribution < 1.29 is 43.0 Å². The monoisotopic (exact) mass is 677 g/mol. The molecule has 1 saturated heterocycles. The fourth-order valence-electron chi connectivity index (χ4n) is 4.61. The molecule has 5 atom stereocenters. The van der Waals surface area contributed by atoms with Gasteiger partial charge in [0.2, 0.25) is 17.7 Å². The average Bonchev–Trinajstić information content (AvgIpc) is 2.96. The predicted molar refractivity (Wildman–Crippen MR) is 175 cm³/mol. The Kier molecular flexibility index (Phi) is 16.6. The lowest BCUT2D eigenvalue weighted by Gasteiger charge is -2.31. The van der Waals surface area contributed by atoms with Gasteiger partial charge >= 0.3 is 11.9 Å². The molecule has 3 amide bonds. The number of amides is 3. The van der Waals surface area contributed by atoms with E-state index in [2.05, 4.69) is 16.0 Å². The zero-order valence-corrected chi connectivity index (χ0v) is 28.4. The van der Waals surface area contributed by atoms with Crippen LogP contribution in [-0.4, -0.2) is 81.7 Å². The van der Waals surface area contributed by atoms with E-state index in [1.807, 2.05) is 6.07 Å². The van der Waals surface area contributed by atoms with Crippen molar-refractivity contribution in [3.05, 3.63) is 48.0 Å². The number of allylic oxidation sites excluding steroid dienone is 1. The van der Waals surface area contributed by atoms with Gasteiger partial charge in [-0.2, -0.15) is 0 Å². The minimum atomic E-state index is -1.20. The van der Waals surface area contributed by atoms with Crippen LogP contribution in [0.25, 0.3) is 0 Å². The molecule has 0 radical (unpaired) electrons. The second kappa shape index (κ2) is 19.8. The van der Waals surface area contributed by atoms with Gasteiger partial charge in [-0.1, -0.05) is 73.8 Å². The molecule has 1 aromatic rings. The molecule has 252 valence electrons. The molecular formula is C32H43N3O9S2. The van der Waals surface area contributed by atoms with Gasteiger partial charge in [0.05, 0.1) is 18.9 Å². The molecule has 46 heavy (non-hydrogen) atoms. The van der Waals surface area contributed by atoms with Crippen LogP contribution in [0.3, 0.4) is 0 Å². The first-order valence-electron chi connectivity index (χ1n) is 15.0. The highest BCUT2D eigenvalue weighted by molar-refractivity contribution is 8.13. The molecule has 0 unspecified atom stereocenters. The maximum atomic E-state index is 13.7. The first kappa shape index (κ1) is 38.5. The number of carbonyl (C=O) groups is 7. The fourth-order valence-corrected chi connectivity index (χ4v) is 5.79. The Bertz CT molecular complexity index is 1270. The smallest absolute Gasteiger partial charge is 0.310 e. The molecule has 14 heteroatoms. The van der Waals surface area contributed by atoms with Gasteiger partial charge in [-0.3, -0.25) is 33.6 Å². The van der Waals surface area contributed by atoms with Gasteiger partial charge in [-0.25, -0.2) is 0 Å². The lowest BCUT2D eigenvalue weighted by Crippen LogP contribution is -2.58. The molecule has 0 saturated carbocycles. The van der Waals surface area contributed by atoms with Crippen molar-refractivity contribution in [2.75, 3.05) is 11.5 Å². The van der Waals surface area contributed by atoms with Crippen molar-refractivity contribution in [1.82, 2.24) is 16.0 Å². The van der Waals surface area contributed by atoms with Crippen LogP contribution in [0.5, 0.6) is 0 Å². The second-order valence-corrected chi connectivity index (χ2v) is 13.6. The standard InChI is InChI=1S/C32H43N3O9S2/c1-19(2)30-27(43-20(3)36)17-29(40)44-24(13-9-10-14-45-21(4)37)16-28(39)33-25(15-23-11-7-6-8-12-23)31(41)34-26(32(42)35-30)18-46-22(5)38/h6-9,11-13,19,24-27,30H,10,14-18H2,1-5H3,(H,33,39)(H,34,41)(H,35,42)/b13-9+/t24-,25-,26-,27+,30-/m1/s1. The summed E-state index contributed by atoms with van der Waals surface area (Å²) >= 11 is 1.98. The predicted octanol–water partition coefficient (Wildman–Crippen LogP) is 2.48. The Morgan fingerprint density at radius 1 is 0.913 bits per heavy atom. The number of cyclic esters (lactones) is 1. The summed E-state index contributed by atoms with van der Waals surface area (Å²) < 4.78 is 11.1. The second-order valence-electron chi connectivity index (χ2n) is 11.1. The van der Waals surface area contributed by atoms with E-state index < -0.39 is 66.4 Å². The number of esters is 2. The first-order chi connectivity index (χ1) is 21.7. The van der Waals surface area contributed by atoms with Crippen LogP contribution in [0.4, 0.5) is 0 Å². The summed E-state index contributed by atoms with van der Waals surface area (Å²) in [5, 5.41) is 7.89. The normalized spacial score (nSPS) is 23.4. The summed E-state index contributed by atoms with van der Waals surface area (Å²) in [6.07, 6.45) is 0.880. The largest absolute Gasteiger partial charge is 0.460 e. The van der Waals surface area contributed by atoms with Crippen LogP contribution >= 0.6 is 23.5 Å². The van der Waals surface area contributed by atoms with E-state index >= 15 is 0 Å². The number of benzene rings is 1. The Labute approximate surface area is 277 Å². The van der Waals surface area contributed by atoms with E-state index in [1.165, 1.54) is 20.8 Å². The number of nitrogens with one attached hydrogen (secondary N) is 3. The van der Waals surface area contributed by atoms with Gasteiger partial charge in [0, 0.05) is 38.7 Å². The summed E-state index contributed by atoms with van der Waals surface area (Å²) in [7, 11) is 0. The van der Waals surface area contributed by atoms with Crippen molar-refractivity contribution in [1.29, 1.82) is 0 Å². The molecule has 0 aliphatic carbocycles. The average molecular weight is 678 g/mol. The zero-order chi connectivity index (χ0) is 34.2. The number of thioether (sulfide) groups is 2. The zero-order valence-electron chi connectivity index (χ0n) is 26.7. The SMILES string of the molecule is CC(=O)O[C@H]1CC(=O)O[C@H](/C=C/CCSC(C)=O)CC(=O)N[C@H](Cc2ccccc2)C(=O)N[C@H](CSC(C)=O)C(=O)N[C@@H]1C(C)C. The molecular weight excluding hydrogens is 634 g/mol. The Morgan fingerprint density at radius 2 is 1.57 bits per heavy atom. The minimum Gasteiger partial charge on any atom is -0.460 e. The molecule has 3 N–H and O–H groups in total. The molecule has 0 bridgehead atoms. The highest BCUT2D eigenvalue weighted by Crippen LogP contribution is 2.18. The third kappa shape index (κ3) is 14.6. The van der Waals surface area contributed by atoms with E-state index in [1.54, 1.807) is 50.3 Å². The quantitative estimate of drug-likeness (QED) is 0.189. The van der Waals surface area contributed by atoms with Crippen molar-refractivity contribution in [3.63, 3.8) is 0 Å². The van der Waals surface area contributed by atoms with E-state index in [0.717, 1.165) is 29.1 Å². The molecule has 0 aromatic heterocycles. The van der Waals surface area contributed by atoms with E-state index in [-0.39, 0.29) is 34.7 Å². The van der Waals surface area contributed by atoms with Gasteiger partial charge in [0.1, 0.15) is 24.3 Å². The van der Waals surface area contributed by atoms with Crippen molar-refractivity contribution in [3.8, 4) is 0 Å². The Balaban J connectivity index is 2.52. The van der Waals surface area contributed by atoms with E-state index in [9.17, 15) is 33.6 Å². The maximum Gasteiger partial charge on any atom is 0.310 e. The summed E-state index contributed by atoms with van der Waals surface area (Å²) in [4.78, 5) is 88.9.